The van der Waals surface area contributed by atoms with Gasteiger partial charge in [-0.25, -0.2) is 4.68 Å². The van der Waals surface area contributed by atoms with Crippen LogP contribution in [0.15, 0.2) is 35.5 Å². The SMILES string of the molecule is C=Cc1coc(-c2nn(-c3c(C)ccc(O)c3C)c(N)c2C(N)=O)c1. The molecule has 5 N–H and O–H groups in total. The highest BCUT2D eigenvalue weighted by atomic mass is 16.3. The maximum atomic E-state index is 12.0. The van der Waals surface area contributed by atoms with Crippen LogP contribution in [-0.4, -0.2) is 20.8 Å². The topological polar surface area (TPSA) is 120 Å². The number of phenols is 1. The number of benzene rings is 1. The van der Waals surface area contributed by atoms with Gasteiger partial charge in [-0.2, -0.15) is 5.10 Å². The number of primary amides is 1. The number of rotatable bonds is 4. The van der Waals surface area contributed by atoms with Gasteiger partial charge >= 0.3 is 0 Å². The van der Waals surface area contributed by atoms with Gasteiger partial charge < -0.3 is 21.0 Å². The fourth-order valence-electron chi connectivity index (χ4n) is 2.75. The van der Waals surface area contributed by atoms with E-state index in [9.17, 15) is 9.90 Å². The number of aryl methyl sites for hydroxylation is 1. The summed E-state index contributed by atoms with van der Waals surface area (Å²) in [6.45, 7) is 7.27. The van der Waals surface area contributed by atoms with Gasteiger partial charge in [-0.05, 0) is 31.5 Å². The molecule has 128 valence electrons. The van der Waals surface area contributed by atoms with Crippen molar-refractivity contribution in [1.82, 2.24) is 9.78 Å². The first kappa shape index (κ1) is 16.4. The highest BCUT2D eigenvalue weighted by Crippen LogP contribution is 2.34. The maximum absolute atomic E-state index is 12.0. The second-order valence-electron chi connectivity index (χ2n) is 5.71. The lowest BCUT2D eigenvalue weighted by atomic mass is 10.1. The number of nitrogens with two attached hydrogens (primary N) is 2. The zero-order valence-corrected chi connectivity index (χ0v) is 13.9. The number of aromatic nitrogens is 2. The molecule has 0 aliphatic rings. The van der Waals surface area contributed by atoms with Gasteiger partial charge in [0, 0.05) is 11.1 Å². The first-order valence-corrected chi connectivity index (χ1v) is 7.54. The number of phenolic OH excluding ortho intramolecular Hbond substituents is 1. The highest BCUT2D eigenvalue weighted by molar-refractivity contribution is 6.03. The normalized spacial score (nSPS) is 10.8. The Labute approximate surface area is 144 Å². The van der Waals surface area contributed by atoms with Gasteiger partial charge in [0.15, 0.2) is 5.76 Å². The Morgan fingerprint density at radius 3 is 2.72 bits per heavy atom. The van der Waals surface area contributed by atoms with E-state index in [4.69, 9.17) is 15.9 Å². The second kappa shape index (κ2) is 5.86. The molecule has 0 unspecified atom stereocenters. The van der Waals surface area contributed by atoms with Crippen LogP contribution in [0.1, 0.15) is 27.0 Å². The average Bonchev–Trinajstić information content (AvgIpc) is 3.16. The molecule has 0 aliphatic heterocycles. The number of amides is 1. The molecule has 3 aromatic rings. The molecule has 0 saturated carbocycles. The number of anilines is 1. The molecule has 2 aromatic heterocycles. The number of aromatic hydroxyl groups is 1. The van der Waals surface area contributed by atoms with E-state index < -0.39 is 5.91 Å². The summed E-state index contributed by atoms with van der Waals surface area (Å²) >= 11 is 0. The molecule has 1 aromatic carbocycles. The Kier molecular flexibility index (Phi) is 3.84. The molecule has 7 nitrogen and oxygen atoms in total. The van der Waals surface area contributed by atoms with Crippen LogP contribution in [0.4, 0.5) is 5.82 Å². The van der Waals surface area contributed by atoms with Gasteiger partial charge in [-0.15, -0.1) is 0 Å². The Hall–Kier alpha value is -3.48. The number of furan rings is 1. The van der Waals surface area contributed by atoms with Gasteiger partial charge in [0.25, 0.3) is 5.91 Å². The van der Waals surface area contributed by atoms with Crippen LogP contribution < -0.4 is 11.5 Å². The Balaban J connectivity index is 2.31. The summed E-state index contributed by atoms with van der Waals surface area (Å²) in [5.74, 6) is -0.184. The highest BCUT2D eigenvalue weighted by Gasteiger charge is 2.25. The van der Waals surface area contributed by atoms with Crippen molar-refractivity contribution in [2.75, 3.05) is 5.73 Å². The lowest BCUT2D eigenvalue weighted by Crippen LogP contribution is -2.14. The fourth-order valence-corrected chi connectivity index (χ4v) is 2.75. The van der Waals surface area contributed by atoms with Crippen LogP contribution in [-0.2, 0) is 0 Å². The van der Waals surface area contributed by atoms with Crippen LogP contribution in [0.5, 0.6) is 5.75 Å². The number of hydrogen-bond acceptors (Lipinski definition) is 5. The molecule has 3 rings (SSSR count). The summed E-state index contributed by atoms with van der Waals surface area (Å²) in [4.78, 5) is 12.0. The monoisotopic (exact) mass is 338 g/mol. The Morgan fingerprint density at radius 2 is 2.12 bits per heavy atom. The molecule has 0 bridgehead atoms. The van der Waals surface area contributed by atoms with Crippen molar-refractivity contribution in [3.8, 4) is 22.9 Å². The molecule has 0 radical (unpaired) electrons. The first-order valence-electron chi connectivity index (χ1n) is 7.54. The van der Waals surface area contributed by atoms with E-state index in [1.165, 1.54) is 10.9 Å². The fraction of sp³-hybridized carbons (Fsp3) is 0.111. The predicted octanol–water partition coefficient (Wildman–Crippen LogP) is 2.78. The predicted molar refractivity (Wildman–Crippen MR) is 95.4 cm³/mol. The van der Waals surface area contributed by atoms with Crippen LogP contribution in [0.2, 0.25) is 0 Å². The Morgan fingerprint density at radius 1 is 1.40 bits per heavy atom. The van der Waals surface area contributed by atoms with Gasteiger partial charge in [0.2, 0.25) is 0 Å². The minimum atomic E-state index is -0.717. The quantitative estimate of drug-likeness (QED) is 0.675. The van der Waals surface area contributed by atoms with Crippen molar-refractivity contribution in [1.29, 1.82) is 0 Å². The van der Waals surface area contributed by atoms with E-state index in [1.54, 1.807) is 31.2 Å². The lowest BCUT2D eigenvalue weighted by molar-refractivity contribution is 0.100. The molecule has 1 amide bonds. The molecular weight excluding hydrogens is 320 g/mol. The average molecular weight is 338 g/mol. The summed E-state index contributed by atoms with van der Waals surface area (Å²) in [5, 5.41) is 14.4. The van der Waals surface area contributed by atoms with E-state index in [-0.39, 0.29) is 22.8 Å². The largest absolute Gasteiger partial charge is 0.508 e. The smallest absolute Gasteiger partial charge is 0.254 e. The Bertz CT molecular complexity index is 998. The van der Waals surface area contributed by atoms with Crippen LogP contribution >= 0.6 is 0 Å². The third kappa shape index (κ3) is 2.55. The van der Waals surface area contributed by atoms with Gasteiger partial charge in [0.05, 0.1) is 12.0 Å². The molecule has 7 heteroatoms. The summed E-state index contributed by atoms with van der Waals surface area (Å²) in [5.41, 5.74) is 14.7. The van der Waals surface area contributed by atoms with E-state index in [1.807, 2.05) is 6.92 Å². The summed E-state index contributed by atoms with van der Waals surface area (Å²) < 4.78 is 6.86. The number of nitrogen functional groups attached to an aromatic ring is 1. The van der Waals surface area contributed by atoms with E-state index in [2.05, 4.69) is 11.7 Å². The zero-order chi connectivity index (χ0) is 18.3. The third-order valence-corrected chi connectivity index (χ3v) is 4.07. The van der Waals surface area contributed by atoms with Crippen LogP contribution in [0, 0.1) is 13.8 Å². The van der Waals surface area contributed by atoms with Crippen molar-refractivity contribution in [3.05, 3.63) is 53.3 Å². The number of hydrogen-bond donors (Lipinski definition) is 3. The molecule has 0 fully saturated rings. The maximum Gasteiger partial charge on any atom is 0.254 e. The van der Waals surface area contributed by atoms with Gasteiger partial charge in [-0.3, -0.25) is 4.79 Å². The minimum Gasteiger partial charge on any atom is -0.508 e. The molecule has 25 heavy (non-hydrogen) atoms. The second-order valence-corrected chi connectivity index (χ2v) is 5.71. The first-order chi connectivity index (χ1) is 11.8. The molecule has 0 atom stereocenters. The third-order valence-electron chi connectivity index (χ3n) is 4.07. The number of nitrogens with zero attached hydrogens (tertiary/aromatic N) is 2. The van der Waals surface area contributed by atoms with E-state index in [0.717, 1.165) is 11.1 Å². The van der Waals surface area contributed by atoms with Gasteiger partial charge in [-0.1, -0.05) is 18.7 Å². The van der Waals surface area contributed by atoms with E-state index in [0.29, 0.717) is 17.0 Å². The standard InChI is InChI=1S/C18H18N4O3/c1-4-11-7-13(25-8-11)15-14(18(20)24)17(19)22(21-15)16-9(2)5-6-12(23)10(16)3/h4-8,23H,1,19H2,2-3H3,(H2,20,24). The molecule has 2 heterocycles. The van der Waals surface area contributed by atoms with E-state index >= 15 is 0 Å². The van der Waals surface area contributed by atoms with Crippen LogP contribution in [0.25, 0.3) is 23.2 Å². The zero-order valence-electron chi connectivity index (χ0n) is 13.9. The van der Waals surface area contributed by atoms with Crippen molar-refractivity contribution >= 4 is 17.8 Å². The molecular formula is C18H18N4O3. The van der Waals surface area contributed by atoms with Crippen molar-refractivity contribution in [3.63, 3.8) is 0 Å². The minimum absolute atomic E-state index is 0.0621. The lowest BCUT2D eigenvalue weighted by Gasteiger charge is -2.12. The molecule has 0 saturated heterocycles. The van der Waals surface area contributed by atoms with Crippen molar-refractivity contribution in [2.24, 2.45) is 5.73 Å². The summed E-state index contributed by atoms with van der Waals surface area (Å²) in [7, 11) is 0. The summed E-state index contributed by atoms with van der Waals surface area (Å²) in [6, 6.07) is 5.02. The molecule has 0 spiro atoms. The van der Waals surface area contributed by atoms with Crippen molar-refractivity contribution in [2.45, 2.75) is 13.8 Å². The van der Waals surface area contributed by atoms with Crippen molar-refractivity contribution < 1.29 is 14.3 Å². The van der Waals surface area contributed by atoms with Crippen LogP contribution in [0.3, 0.4) is 0 Å². The summed E-state index contributed by atoms with van der Waals surface area (Å²) in [6.07, 6.45) is 3.11. The number of carbonyl (C=O) groups is 1. The number of carbonyl (C=O) groups excluding carboxylic acids is 1. The molecule has 0 aliphatic carbocycles. The van der Waals surface area contributed by atoms with Gasteiger partial charge in [0.1, 0.15) is 22.8 Å².